The highest BCUT2D eigenvalue weighted by molar-refractivity contribution is 5.85. The van der Waals surface area contributed by atoms with Gasteiger partial charge in [0.05, 0.1) is 6.54 Å². The molecule has 102 valence electrons. The van der Waals surface area contributed by atoms with E-state index in [1.807, 2.05) is 6.92 Å². The van der Waals surface area contributed by atoms with Gasteiger partial charge in [0.2, 0.25) is 0 Å². The van der Waals surface area contributed by atoms with E-state index >= 15 is 0 Å². The molecule has 5 nitrogen and oxygen atoms in total. The molecular formula is C12H21ClN4O. The van der Waals surface area contributed by atoms with Gasteiger partial charge >= 0.3 is 0 Å². The second-order valence-corrected chi connectivity index (χ2v) is 4.56. The van der Waals surface area contributed by atoms with Gasteiger partial charge in [-0.25, -0.2) is 4.98 Å². The van der Waals surface area contributed by atoms with Gasteiger partial charge in [0.1, 0.15) is 5.82 Å². The smallest absolute Gasteiger partial charge is 0.251 e. The topological polar surface area (TPSA) is 61.0 Å². The average Bonchev–Trinajstić information content (AvgIpc) is 2.31. The van der Waals surface area contributed by atoms with Gasteiger partial charge in [-0.1, -0.05) is 6.92 Å². The fraction of sp³-hybridized carbons (Fsp3) is 0.667. The van der Waals surface area contributed by atoms with E-state index in [-0.39, 0.29) is 18.0 Å². The average molecular weight is 273 g/mol. The summed E-state index contributed by atoms with van der Waals surface area (Å²) in [6.07, 6.45) is 0.800. The molecule has 0 spiro atoms. The molecule has 1 aliphatic rings. The van der Waals surface area contributed by atoms with Crippen LogP contribution >= 0.6 is 12.4 Å². The Labute approximate surface area is 113 Å². The molecule has 1 fully saturated rings. The van der Waals surface area contributed by atoms with E-state index in [1.54, 1.807) is 6.07 Å². The first-order valence-corrected chi connectivity index (χ1v) is 6.23. The van der Waals surface area contributed by atoms with Crippen molar-refractivity contribution in [2.75, 3.05) is 19.6 Å². The molecule has 1 aliphatic heterocycles. The van der Waals surface area contributed by atoms with Crippen LogP contribution in [0.2, 0.25) is 0 Å². The number of nitrogens with zero attached hydrogens (tertiary/aromatic N) is 2. The highest BCUT2D eigenvalue weighted by Gasteiger charge is 2.18. The number of halogens is 1. The van der Waals surface area contributed by atoms with Crippen LogP contribution in [0.4, 0.5) is 0 Å². The lowest BCUT2D eigenvalue weighted by atomic mass is 10.2. The Balaban J connectivity index is 0.00000162. The number of aromatic nitrogens is 2. The van der Waals surface area contributed by atoms with E-state index in [0.29, 0.717) is 6.04 Å². The number of nitrogens with one attached hydrogen (secondary N) is 2. The molecular weight excluding hydrogens is 252 g/mol. The number of hydrogen-bond acceptors (Lipinski definition) is 4. The molecule has 18 heavy (non-hydrogen) atoms. The molecule has 0 aromatic carbocycles. The fourth-order valence-corrected chi connectivity index (χ4v) is 2.13. The zero-order valence-electron chi connectivity index (χ0n) is 10.9. The predicted octanol–water partition coefficient (Wildman–Crippen LogP) is 0.548. The number of hydrogen-bond donors (Lipinski definition) is 2. The summed E-state index contributed by atoms with van der Waals surface area (Å²) < 4.78 is 0. The maximum atomic E-state index is 11.5. The van der Waals surface area contributed by atoms with Gasteiger partial charge in [0.15, 0.2) is 0 Å². The molecule has 0 radical (unpaired) electrons. The van der Waals surface area contributed by atoms with Crippen LogP contribution in [0.3, 0.4) is 0 Å². The van der Waals surface area contributed by atoms with Crippen molar-refractivity contribution in [3.8, 4) is 0 Å². The number of H-pyrrole nitrogens is 1. The molecule has 0 aliphatic carbocycles. The van der Waals surface area contributed by atoms with Gasteiger partial charge in [0.25, 0.3) is 5.56 Å². The second-order valence-electron chi connectivity index (χ2n) is 4.56. The van der Waals surface area contributed by atoms with E-state index in [2.05, 4.69) is 27.1 Å². The Morgan fingerprint density at radius 2 is 2.33 bits per heavy atom. The first kappa shape index (κ1) is 15.1. The third-order valence-electron chi connectivity index (χ3n) is 3.20. The molecule has 1 atom stereocenters. The van der Waals surface area contributed by atoms with Crippen molar-refractivity contribution in [3.05, 3.63) is 27.9 Å². The molecule has 1 aromatic rings. The van der Waals surface area contributed by atoms with Crippen LogP contribution in [-0.4, -0.2) is 40.5 Å². The number of aromatic amines is 1. The van der Waals surface area contributed by atoms with Crippen molar-refractivity contribution in [2.45, 2.75) is 32.9 Å². The lowest BCUT2D eigenvalue weighted by molar-refractivity contribution is 0.161. The van der Waals surface area contributed by atoms with Crippen molar-refractivity contribution in [2.24, 2.45) is 0 Å². The van der Waals surface area contributed by atoms with E-state index in [4.69, 9.17) is 0 Å². The van der Waals surface area contributed by atoms with Gasteiger partial charge in [0, 0.05) is 37.4 Å². The van der Waals surface area contributed by atoms with E-state index in [1.165, 1.54) is 0 Å². The van der Waals surface area contributed by atoms with Crippen molar-refractivity contribution >= 4 is 12.4 Å². The molecule has 6 heteroatoms. The van der Waals surface area contributed by atoms with Gasteiger partial charge in [-0.3, -0.25) is 9.69 Å². The van der Waals surface area contributed by atoms with E-state index in [0.717, 1.165) is 44.1 Å². The summed E-state index contributed by atoms with van der Waals surface area (Å²) in [4.78, 5) is 21.1. The summed E-state index contributed by atoms with van der Waals surface area (Å²) >= 11 is 0. The van der Waals surface area contributed by atoms with Crippen molar-refractivity contribution < 1.29 is 0 Å². The number of rotatable bonds is 3. The second kappa shape index (κ2) is 6.87. The number of piperazine rings is 1. The molecule has 0 saturated carbocycles. The minimum atomic E-state index is -0.0466. The molecule has 1 saturated heterocycles. The largest absolute Gasteiger partial charge is 0.314 e. The Hall–Kier alpha value is -0.910. The molecule has 2 heterocycles. The molecule has 0 amide bonds. The third kappa shape index (κ3) is 3.80. The summed E-state index contributed by atoms with van der Waals surface area (Å²) in [6, 6.07) is 2.06. The van der Waals surface area contributed by atoms with E-state index in [9.17, 15) is 4.79 Å². The van der Waals surface area contributed by atoms with Crippen LogP contribution in [0.5, 0.6) is 0 Å². The summed E-state index contributed by atoms with van der Waals surface area (Å²) in [5.74, 6) is 0.781. The highest BCUT2D eigenvalue weighted by Crippen LogP contribution is 2.06. The van der Waals surface area contributed by atoms with Crippen LogP contribution < -0.4 is 10.9 Å². The first-order valence-electron chi connectivity index (χ1n) is 6.23. The maximum Gasteiger partial charge on any atom is 0.251 e. The molecule has 0 bridgehead atoms. The Morgan fingerprint density at radius 3 is 3.00 bits per heavy atom. The van der Waals surface area contributed by atoms with E-state index < -0.39 is 0 Å². The quantitative estimate of drug-likeness (QED) is 0.844. The molecule has 2 N–H and O–H groups in total. The SMILES string of the molecule is CCc1cc(=O)[nH]c(CN2CCNC[C@H]2C)n1.Cl. The van der Waals surface area contributed by atoms with Crippen molar-refractivity contribution in [3.63, 3.8) is 0 Å². The van der Waals surface area contributed by atoms with Crippen LogP contribution in [0.25, 0.3) is 0 Å². The lowest BCUT2D eigenvalue weighted by Gasteiger charge is -2.33. The highest BCUT2D eigenvalue weighted by atomic mass is 35.5. The Bertz CT molecular complexity index is 434. The fourth-order valence-electron chi connectivity index (χ4n) is 2.13. The van der Waals surface area contributed by atoms with Gasteiger partial charge in [-0.15, -0.1) is 12.4 Å². The van der Waals surface area contributed by atoms with Gasteiger partial charge in [-0.05, 0) is 13.3 Å². The molecule has 0 unspecified atom stereocenters. The Kier molecular flexibility index (Phi) is 5.78. The summed E-state index contributed by atoms with van der Waals surface area (Å²) in [5, 5.41) is 3.35. The number of aryl methyl sites for hydroxylation is 1. The first-order chi connectivity index (χ1) is 8.19. The maximum absolute atomic E-state index is 11.5. The zero-order valence-corrected chi connectivity index (χ0v) is 11.7. The van der Waals surface area contributed by atoms with Crippen LogP contribution in [0.15, 0.2) is 10.9 Å². The van der Waals surface area contributed by atoms with Gasteiger partial charge < -0.3 is 10.3 Å². The minimum Gasteiger partial charge on any atom is -0.314 e. The molecule has 2 rings (SSSR count). The van der Waals surface area contributed by atoms with Crippen LogP contribution in [-0.2, 0) is 13.0 Å². The standard InChI is InChI=1S/C12H20N4O.ClH/c1-3-10-6-12(17)15-11(14-10)8-16-5-4-13-7-9(16)2;/h6,9,13H,3-5,7-8H2,1-2H3,(H,14,15,17);1H/t9-;/m1./s1. The Morgan fingerprint density at radius 1 is 1.56 bits per heavy atom. The predicted molar refractivity (Wildman–Crippen MR) is 74.2 cm³/mol. The summed E-state index contributed by atoms with van der Waals surface area (Å²) in [6.45, 7) is 7.93. The summed E-state index contributed by atoms with van der Waals surface area (Å²) in [5.41, 5.74) is 0.821. The minimum absolute atomic E-state index is 0. The van der Waals surface area contributed by atoms with Crippen molar-refractivity contribution in [1.29, 1.82) is 0 Å². The monoisotopic (exact) mass is 272 g/mol. The van der Waals surface area contributed by atoms with Crippen LogP contribution in [0, 0.1) is 0 Å². The zero-order chi connectivity index (χ0) is 12.3. The third-order valence-corrected chi connectivity index (χ3v) is 3.20. The summed E-state index contributed by atoms with van der Waals surface area (Å²) in [7, 11) is 0. The lowest BCUT2D eigenvalue weighted by Crippen LogP contribution is -2.49. The van der Waals surface area contributed by atoms with Gasteiger partial charge in [-0.2, -0.15) is 0 Å². The molecule has 1 aromatic heterocycles. The van der Waals surface area contributed by atoms with Crippen LogP contribution in [0.1, 0.15) is 25.4 Å². The normalized spacial score (nSPS) is 20.4. The van der Waals surface area contributed by atoms with Crippen molar-refractivity contribution in [1.82, 2.24) is 20.2 Å².